The molecule has 2 aliphatic heterocycles. The van der Waals surface area contributed by atoms with Gasteiger partial charge in [0.1, 0.15) is 48.8 Å². The van der Waals surface area contributed by atoms with Crippen molar-refractivity contribution >= 4 is 0 Å². The molecule has 12 heteroatoms. The van der Waals surface area contributed by atoms with Crippen molar-refractivity contribution in [3.8, 4) is 0 Å². The topological polar surface area (TPSA) is 199 Å². The maximum atomic E-state index is 10.3. The average molecular weight is 1030 g/mol. The molecule has 0 amide bonds. The Morgan fingerprint density at radius 1 is 0.514 bits per heavy atom. The van der Waals surface area contributed by atoms with E-state index < -0.39 is 74.6 Å². The van der Waals surface area contributed by atoms with Gasteiger partial charge >= 0.3 is 0 Å². The third-order valence-electron chi connectivity index (χ3n) is 15.7. The van der Waals surface area contributed by atoms with Crippen LogP contribution in [0.25, 0.3) is 0 Å². The third-order valence-corrected chi connectivity index (χ3v) is 15.7. The number of allylic oxidation sites excluding steroid dienone is 24. The fourth-order valence-electron chi connectivity index (χ4n) is 10.3. The smallest absolute Gasteiger partial charge is 0.187 e. The molecule has 0 unspecified atom stereocenters. The predicted molar refractivity (Wildman–Crippen MR) is 295 cm³/mol. The standard InChI is InChI=1S/C62H92O12/c1-39(19-15-21-41(3)25-33-49-45(7)27-31-47(61(49,9)10)29-23-43(5)37-71-59-57(69)55(67)53(65)51(35-63)73-59)17-13-14-18-40(2)20-16-22-42(4)26-34-50-46(8)28-32-48(62(50,11)12)30-24-44(6)38-72-60-58(70)56(68)54(66)52(36-64)74-60/h13-28,33-34,47-60,63-70H,29-32,35-38H2,1-12H3/b14-13+,19-15+,20-16+,33-25+,34-26+,39-17+,40-18+,41-21+,42-22+,43-23+,44-24+/t47-,48-,49-,50-,51-,52+,53-,54+,55+,56-,57-,58+,59-,60+/m1/s1. The predicted octanol–water partition coefficient (Wildman–Crippen LogP) is 9.08. The van der Waals surface area contributed by atoms with Crippen molar-refractivity contribution in [2.45, 2.75) is 170 Å². The van der Waals surface area contributed by atoms with Gasteiger partial charge in [0, 0.05) is 11.8 Å². The van der Waals surface area contributed by atoms with Gasteiger partial charge < -0.3 is 59.8 Å². The summed E-state index contributed by atoms with van der Waals surface area (Å²) in [6, 6.07) is 0. The fourth-order valence-corrected chi connectivity index (χ4v) is 10.3. The zero-order valence-electron chi connectivity index (χ0n) is 46.3. The van der Waals surface area contributed by atoms with E-state index in [0.29, 0.717) is 11.8 Å². The molecule has 8 N–H and O–H groups in total. The lowest BCUT2D eigenvalue weighted by Crippen LogP contribution is -2.59. The highest BCUT2D eigenvalue weighted by Crippen LogP contribution is 2.49. The highest BCUT2D eigenvalue weighted by molar-refractivity contribution is 5.33. The highest BCUT2D eigenvalue weighted by atomic mass is 16.7. The molecule has 2 saturated heterocycles. The lowest BCUT2D eigenvalue weighted by atomic mass is 9.61. The van der Waals surface area contributed by atoms with Crippen LogP contribution in [0.3, 0.4) is 0 Å². The molecule has 4 rings (SSSR count). The Kier molecular flexibility index (Phi) is 25.1. The molecule has 12 nitrogen and oxygen atoms in total. The molecule has 2 aliphatic carbocycles. The number of hydrogen-bond donors (Lipinski definition) is 8. The average Bonchev–Trinajstić information content (AvgIpc) is 3.34. The lowest BCUT2D eigenvalue weighted by Gasteiger charge is -2.43. The van der Waals surface area contributed by atoms with Gasteiger partial charge in [-0.1, -0.05) is 182 Å². The second kappa shape index (κ2) is 29.6. The molecule has 4 aliphatic rings. The largest absolute Gasteiger partial charge is 0.394 e. The zero-order chi connectivity index (χ0) is 54.9. The number of hydrogen-bond acceptors (Lipinski definition) is 12. The van der Waals surface area contributed by atoms with E-state index in [1.165, 1.54) is 22.3 Å². The molecule has 0 spiro atoms. The molecule has 412 valence electrons. The Hall–Kier alpha value is -3.86. The van der Waals surface area contributed by atoms with Crippen molar-refractivity contribution < 1.29 is 59.8 Å². The van der Waals surface area contributed by atoms with Crippen molar-refractivity contribution in [2.24, 2.45) is 34.5 Å². The number of aliphatic hydroxyl groups is 8. The van der Waals surface area contributed by atoms with E-state index in [2.05, 4.69) is 179 Å². The first-order valence-corrected chi connectivity index (χ1v) is 26.5. The molecule has 74 heavy (non-hydrogen) atoms. The van der Waals surface area contributed by atoms with Crippen LogP contribution in [0, 0.1) is 34.5 Å². The molecule has 2 fully saturated rings. The first kappa shape index (κ1) is 62.7. The summed E-state index contributed by atoms with van der Waals surface area (Å²) in [5.41, 5.74) is 9.30. The Labute approximate surface area is 443 Å². The van der Waals surface area contributed by atoms with Crippen molar-refractivity contribution in [1.29, 1.82) is 0 Å². The second-order valence-electron chi connectivity index (χ2n) is 22.4. The van der Waals surface area contributed by atoms with E-state index in [1.807, 2.05) is 13.8 Å². The summed E-state index contributed by atoms with van der Waals surface area (Å²) in [7, 11) is 0. The Bertz CT molecular complexity index is 2070. The monoisotopic (exact) mass is 1030 g/mol. The second-order valence-corrected chi connectivity index (χ2v) is 22.4. The van der Waals surface area contributed by atoms with Crippen LogP contribution >= 0.6 is 0 Å². The van der Waals surface area contributed by atoms with E-state index in [0.717, 1.165) is 48.0 Å². The number of ether oxygens (including phenoxy) is 4. The summed E-state index contributed by atoms with van der Waals surface area (Å²) in [4.78, 5) is 0. The Balaban J connectivity index is 1.23. The van der Waals surface area contributed by atoms with Crippen molar-refractivity contribution in [3.63, 3.8) is 0 Å². The quantitative estimate of drug-likeness (QED) is 0.0379. The third kappa shape index (κ3) is 17.9. The first-order chi connectivity index (χ1) is 34.9. The van der Waals surface area contributed by atoms with Crippen LogP contribution in [0.4, 0.5) is 0 Å². The van der Waals surface area contributed by atoms with Gasteiger partial charge in [0.05, 0.1) is 26.4 Å². The number of rotatable bonds is 22. The molecule has 0 aromatic rings. The van der Waals surface area contributed by atoms with E-state index in [-0.39, 0.29) is 35.9 Å². The van der Waals surface area contributed by atoms with Crippen LogP contribution < -0.4 is 0 Å². The minimum absolute atomic E-state index is 0.00475. The highest BCUT2D eigenvalue weighted by Gasteiger charge is 2.46. The first-order valence-electron chi connectivity index (χ1n) is 26.5. The van der Waals surface area contributed by atoms with Crippen LogP contribution in [0.2, 0.25) is 0 Å². The summed E-state index contributed by atoms with van der Waals surface area (Å²) in [5.74, 6) is 1.35. The minimum Gasteiger partial charge on any atom is -0.394 e. The Morgan fingerprint density at radius 2 is 0.851 bits per heavy atom. The molecule has 2 heterocycles. The molecule has 0 aromatic carbocycles. The number of aliphatic hydroxyl groups excluding tert-OH is 8. The van der Waals surface area contributed by atoms with Crippen LogP contribution in [0.15, 0.2) is 154 Å². The van der Waals surface area contributed by atoms with Crippen LogP contribution in [0.1, 0.15) is 109 Å². The summed E-state index contributed by atoms with van der Waals surface area (Å²) < 4.78 is 22.5. The molecule has 0 bridgehead atoms. The maximum Gasteiger partial charge on any atom is 0.187 e. The van der Waals surface area contributed by atoms with Crippen LogP contribution in [-0.2, 0) is 18.9 Å². The zero-order valence-corrected chi connectivity index (χ0v) is 46.3. The van der Waals surface area contributed by atoms with E-state index >= 15 is 0 Å². The van der Waals surface area contributed by atoms with Gasteiger partial charge in [0.15, 0.2) is 12.6 Å². The van der Waals surface area contributed by atoms with E-state index in [4.69, 9.17) is 18.9 Å². The molecule has 14 atom stereocenters. The van der Waals surface area contributed by atoms with Gasteiger partial charge in [-0.2, -0.15) is 0 Å². The summed E-state index contributed by atoms with van der Waals surface area (Å²) >= 11 is 0. The van der Waals surface area contributed by atoms with Crippen LogP contribution in [-0.4, -0.2) is 129 Å². The summed E-state index contributed by atoms with van der Waals surface area (Å²) in [5, 5.41) is 79.9. The van der Waals surface area contributed by atoms with Gasteiger partial charge in [-0.15, -0.1) is 0 Å². The molecule has 0 saturated carbocycles. The van der Waals surface area contributed by atoms with Crippen LogP contribution in [0.5, 0.6) is 0 Å². The fraction of sp³-hybridized carbons (Fsp3) is 0.581. The summed E-state index contributed by atoms with van der Waals surface area (Å²) in [6.45, 7) is 25.5. The van der Waals surface area contributed by atoms with Gasteiger partial charge in [-0.05, 0) is 104 Å². The molecule has 0 radical (unpaired) electrons. The normalized spacial score (nSPS) is 34.2. The lowest BCUT2D eigenvalue weighted by molar-refractivity contribution is -0.299. The SMILES string of the molecule is CC1=CC[C@@H](C/C=C(\C)CO[C@H]2O[C@@H](CO)[C@H](O)[C@@H](O)[C@@H]2O)C(C)(C)[C@@H]1/C=C/C(C)=C/C=C/C(C)=C/C=C/C=C(C)/C=C/C=C(C)/C=C/[C@@H]1C(C)=CC[C@@H](C/C=C(\C)CO[C@@H]2O[C@H](CO)[C@@H](O)[C@H](O)[C@H]2O)C1(C)C. The Morgan fingerprint density at radius 3 is 1.20 bits per heavy atom. The van der Waals surface area contributed by atoms with Gasteiger partial charge in [-0.25, -0.2) is 0 Å². The summed E-state index contributed by atoms with van der Waals surface area (Å²) in [6.07, 6.45) is 29.9. The van der Waals surface area contributed by atoms with Crippen molar-refractivity contribution in [1.82, 2.24) is 0 Å². The molecule has 0 aromatic heterocycles. The van der Waals surface area contributed by atoms with Crippen molar-refractivity contribution in [3.05, 3.63) is 154 Å². The minimum atomic E-state index is -1.46. The van der Waals surface area contributed by atoms with Gasteiger partial charge in [-0.3, -0.25) is 0 Å². The van der Waals surface area contributed by atoms with Gasteiger partial charge in [0.25, 0.3) is 0 Å². The molecular weight excluding hydrogens is 937 g/mol. The van der Waals surface area contributed by atoms with Gasteiger partial charge in [0.2, 0.25) is 0 Å². The van der Waals surface area contributed by atoms with Crippen molar-refractivity contribution in [2.75, 3.05) is 26.4 Å². The maximum absolute atomic E-state index is 10.3. The van der Waals surface area contributed by atoms with E-state index in [1.54, 1.807) is 0 Å². The molecular formula is C62H92O12. The van der Waals surface area contributed by atoms with E-state index in [9.17, 15) is 40.9 Å².